The molecule has 0 rings (SSSR count). The van der Waals surface area contributed by atoms with Gasteiger partial charge in [0.2, 0.25) is 5.91 Å². The second-order valence-electron chi connectivity index (χ2n) is 3.89. The average Bonchev–Trinajstić information content (AvgIpc) is 2.31. The summed E-state index contributed by atoms with van der Waals surface area (Å²) >= 11 is 0. The van der Waals surface area contributed by atoms with E-state index in [1.165, 1.54) is 0 Å². The minimum Gasteiger partial charge on any atom is -0.379 e. The molecular weight excluding hydrogens is 204 g/mol. The zero-order chi connectivity index (χ0) is 12.4. The average molecular weight is 228 g/mol. The Hall–Kier alpha value is -0.870. The van der Waals surface area contributed by atoms with Crippen LogP contribution in [0.2, 0.25) is 0 Å². The van der Waals surface area contributed by atoms with Crippen LogP contribution in [-0.2, 0) is 9.53 Å². The van der Waals surface area contributed by atoms with E-state index in [1.807, 2.05) is 13.8 Å². The molecule has 0 radical (unpaired) electrons. The number of amides is 1. The molecule has 94 valence electrons. The molecular formula is C12H24N2O2. The van der Waals surface area contributed by atoms with Gasteiger partial charge in [0, 0.05) is 6.54 Å². The minimum atomic E-state index is -0.418. The number of carbonyl (C=O) groups is 1. The van der Waals surface area contributed by atoms with Crippen LogP contribution >= 0.6 is 0 Å². The van der Waals surface area contributed by atoms with Crippen molar-refractivity contribution in [2.45, 2.75) is 32.7 Å². The van der Waals surface area contributed by atoms with Crippen molar-refractivity contribution in [3.63, 3.8) is 0 Å². The summed E-state index contributed by atoms with van der Waals surface area (Å²) in [7, 11) is 0. The predicted molar refractivity (Wildman–Crippen MR) is 66.1 cm³/mol. The van der Waals surface area contributed by atoms with Gasteiger partial charge in [-0.05, 0) is 12.3 Å². The highest BCUT2D eigenvalue weighted by Crippen LogP contribution is 2.04. The summed E-state index contributed by atoms with van der Waals surface area (Å²) in [4.78, 5) is 11.5. The Labute approximate surface area is 98.2 Å². The monoisotopic (exact) mass is 228 g/mol. The Kier molecular flexibility index (Phi) is 8.85. The van der Waals surface area contributed by atoms with Gasteiger partial charge in [-0.15, -0.1) is 6.58 Å². The molecule has 16 heavy (non-hydrogen) atoms. The molecule has 0 aromatic rings. The number of rotatable bonds is 9. The molecule has 0 spiro atoms. The minimum absolute atomic E-state index is 0.0957. The third-order valence-corrected chi connectivity index (χ3v) is 2.57. The molecule has 2 unspecified atom stereocenters. The zero-order valence-corrected chi connectivity index (χ0v) is 10.4. The molecule has 0 aliphatic heterocycles. The Bertz CT molecular complexity index is 207. The van der Waals surface area contributed by atoms with E-state index >= 15 is 0 Å². The fraction of sp³-hybridized carbons (Fsp3) is 0.750. The molecule has 0 aliphatic carbocycles. The number of hydrogen-bond acceptors (Lipinski definition) is 3. The lowest BCUT2D eigenvalue weighted by Crippen LogP contribution is -2.45. The molecule has 4 nitrogen and oxygen atoms in total. The molecule has 0 heterocycles. The third kappa shape index (κ3) is 6.58. The largest absolute Gasteiger partial charge is 0.379 e. The molecule has 1 amide bonds. The highest BCUT2D eigenvalue weighted by molar-refractivity contribution is 5.81. The SMILES string of the molecule is C=CCCOCCNC(=O)C(N)C(C)CC. The maximum atomic E-state index is 11.5. The zero-order valence-electron chi connectivity index (χ0n) is 10.4. The van der Waals surface area contributed by atoms with E-state index in [2.05, 4.69) is 11.9 Å². The van der Waals surface area contributed by atoms with Gasteiger partial charge in [0.15, 0.2) is 0 Å². The summed E-state index contributed by atoms with van der Waals surface area (Å²) in [5.74, 6) is 0.114. The summed E-state index contributed by atoms with van der Waals surface area (Å²) < 4.78 is 5.26. The van der Waals surface area contributed by atoms with E-state index in [0.29, 0.717) is 19.8 Å². The van der Waals surface area contributed by atoms with Crippen molar-refractivity contribution in [2.24, 2.45) is 11.7 Å². The number of carbonyl (C=O) groups excluding carboxylic acids is 1. The summed E-state index contributed by atoms with van der Waals surface area (Å²) in [5, 5.41) is 2.76. The van der Waals surface area contributed by atoms with Crippen LogP contribution in [0.1, 0.15) is 26.7 Å². The van der Waals surface area contributed by atoms with Gasteiger partial charge in [-0.3, -0.25) is 4.79 Å². The lowest BCUT2D eigenvalue weighted by Gasteiger charge is -2.17. The Morgan fingerprint density at radius 2 is 2.25 bits per heavy atom. The summed E-state index contributed by atoms with van der Waals surface area (Å²) in [5.41, 5.74) is 5.77. The maximum absolute atomic E-state index is 11.5. The predicted octanol–water partition coefficient (Wildman–Crippen LogP) is 1.07. The first kappa shape index (κ1) is 15.1. The fourth-order valence-electron chi connectivity index (χ4n) is 1.15. The first-order valence-corrected chi connectivity index (χ1v) is 5.85. The van der Waals surface area contributed by atoms with E-state index in [9.17, 15) is 4.79 Å². The summed E-state index contributed by atoms with van der Waals surface area (Å²) in [6, 6.07) is -0.418. The van der Waals surface area contributed by atoms with Crippen molar-refractivity contribution in [3.05, 3.63) is 12.7 Å². The van der Waals surface area contributed by atoms with Crippen LogP contribution in [0.15, 0.2) is 12.7 Å². The molecule has 0 saturated heterocycles. The van der Waals surface area contributed by atoms with E-state index in [0.717, 1.165) is 12.8 Å². The van der Waals surface area contributed by atoms with E-state index in [4.69, 9.17) is 10.5 Å². The summed E-state index contributed by atoms with van der Waals surface area (Å²) in [6.07, 6.45) is 3.54. The topological polar surface area (TPSA) is 64.3 Å². The van der Waals surface area contributed by atoms with Crippen molar-refractivity contribution in [1.29, 1.82) is 0 Å². The van der Waals surface area contributed by atoms with Gasteiger partial charge < -0.3 is 15.8 Å². The van der Waals surface area contributed by atoms with Crippen molar-refractivity contribution in [2.75, 3.05) is 19.8 Å². The first-order chi connectivity index (χ1) is 7.63. The van der Waals surface area contributed by atoms with Gasteiger partial charge in [0.1, 0.15) is 0 Å². The van der Waals surface area contributed by atoms with Gasteiger partial charge >= 0.3 is 0 Å². The number of nitrogens with two attached hydrogens (primary N) is 1. The quantitative estimate of drug-likeness (QED) is 0.458. The summed E-state index contributed by atoms with van der Waals surface area (Å²) in [6.45, 7) is 9.28. The van der Waals surface area contributed by atoms with E-state index in [-0.39, 0.29) is 11.8 Å². The molecule has 0 bridgehead atoms. The third-order valence-electron chi connectivity index (χ3n) is 2.57. The van der Waals surface area contributed by atoms with Gasteiger partial charge in [0.25, 0.3) is 0 Å². The molecule has 0 aromatic heterocycles. The molecule has 3 N–H and O–H groups in total. The van der Waals surface area contributed by atoms with Crippen molar-refractivity contribution < 1.29 is 9.53 Å². The van der Waals surface area contributed by atoms with Crippen LogP contribution in [0.5, 0.6) is 0 Å². The lowest BCUT2D eigenvalue weighted by molar-refractivity contribution is -0.123. The van der Waals surface area contributed by atoms with Gasteiger partial charge in [-0.25, -0.2) is 0 Å². The molecule has 0 saturated carbocycles. The van der Waals surface area contributed by atoms with Crippen LogP contribution in [0, 0.1) is 5.92 Å². The Morgan fingerprint density at radius 1 is 1.56 bits per heavy atom. The highest BCUT2D eigenvalue weighted by atomic mass is 16.5. The van der Waals surface area contributed by atoms with Crippen LogP contribution in [0.4, 0.5) is 0 Å². The van der Waals surface area contributed by atoms with Crippen LogP contribution in [-0.4, -0.2) is 31.7 Å². The standard InChI is InChI=1S/C12H24N2O2/c1-4-6-8-16-9-7-14-12(15)11(13)10(3)5-2/h4,10-11H,1,5-9,13H2,2-3H3,(H,14,15). The van der Waals surface area contributed by atoms with Crippen molar-refractivity contribution >= 4 is 5.91 Å². The molecule has 2 atom stereocenters. The number of hydrogen-bond donors (Lipinski definition) is 2. The second-order valence-corrected chi connectivity index (χ2v) is 3.89. The van der Waals surface area contributed by atoms with Gasteiger partial charge in [-0.2, -0.15) is 0 Å². The van der Waals surface area contributed by atoms with E-state index < -0.39 is 6.04 Å². The van der Waals surface area contributed by atoms with Crippen LogP contribution in [0.3, 0.4) is 0 Å². The van der Waals surface area contributed by atoms with Crippen molar-refractivity contribution in [1.82, 2.24) is 5.32 Å². The van der Waals surface area contributed by atoms with Crippen LogP contribution < -0.4 is 11.1 Å². The van der Waals surface area contributed by atoms with E-state index in [1.54, 1.807) is 6.08 Å². The lowest BCUT2D eigenvalue weighted by atomic mass is 9.99. The number of ether oxygens (including phenoxy) is 1. The molecule has 0 fully saturated rings. The fourth-order valence-corrected chi connectivity index (χ4v) is 1.15. The number of nitrogens with one attached hydrogen (secondary N) is 1. The second kappa shape index (κ2) is 9.36. The molecule has 4 heteroatoms. The Balaban J connectivity index is 3.53. The van der Waals surface area contributed by atoms with Gasteiger partial charge in [-0.1, -0.05) is 26.3 Å². The molecule has 0 aliphatic rings. The van der Waals surface area contributed by atoms with Gasteiger partial charge in [0.05, 0.1) is 19.3 Å². The smallest absolute Gasteiger partial charge is 0.237 e. The van der Waals surface area contributed by atoms with Crippen LogP contribution in [0.25, 0.3) is 0 Å². The highest BCUT2D eigenvalue weighted by Gasteiger charge is 2.18. The first-order valence-electron chi connectivity index (χ1n) is 5.85. The van der Waals surface area contributed by atoms with Crippen molar-refractivity contribution in [3.8, 4) is 0 Å². The molecule has 0 aromatic carbocycles. The normalized spacial score (nSPS) is 14.2. The maximum Gasteiger partial charge on any atom is 0.237 e. The Morgan fingerprint density at radius 3 is 2.81 bits per heavy atom.